The van der Waals surface area contributed by atoms with Crippen molar-refractivity contribution in [2.45, 2.75) is 13.0 Å². The molecular formula is C21H18BrNO2. The quantitative estimate of drug-likeness (QED) is 0.585. The molecule has 25 heavy (non-hydrogen) atoms. The number of carboxylic acid groups (broad SMARTS) is 1. The molecule has 2 N–H and O–H groups in total. The summed E-state index contributed by atoms with van der Waals surface area (Å²) in [6, 6.07) is 23.4. The molecule has 0 radical (unpaired) electrons. The summed E-state index contributed by atoms with van der Waals surface area (Å²) >= 11 is 3.34. The van der Waals surface area contributed by atoms with E-state index in [0.717, 1.165) is 15.6 Å². The van der Waals surface area contributed by atoms with Gasteiger partial charge < -0.3 is 10.4 Å². The highest BCUT2D eigenvalue weighted by Crippen LogP contribution is 2.30. The van der Waals surface area contributed by atoms with Gasteiger partial charge in [0.25, 0.3) is 0 Å². The summed E-state index contributed by atoms with van der Waals surface area (Å²) in [5.41, 5.74) is 4.17. The molecule has 0 bridgehead atoms. The van der Waals surface area contributed by atoms with Crippen LogP contribution in [0.1, 0.15) is 33.1 Å². The molecule has 0 spiro atoms. The van der Waals surface area contributed by atoms with Crippen LogP contribution in [-0.2, 0) is 0 Å². The van der Waals surface area contributed by atoms with Crippen LogP contribution in [0.5, 0.6) is 0 Å². The first kappa shape index (κ1) is 17.2. The minimum atomic E-state index is -0.959. The molecule has 0 aliphatic heterocycles. The Labute approximate surface area is 155 Å². The van der Waals surface area contributed by atoms with E-state index in [4.69, 9.17) is 0 Å². The first-order valence-electron chi connectivity index (χ1n) is 7.95. The van der Waals surface area contributed by atoms with Crippen LogP contribution in [-0.4, -0.2) is 11.1 Å². The summed E-state index contributed by atoms with van der Waals surface area (Å²) in [6.45, 7) is 2.05. The van der Waals surface area contributed by atoms with Gasteiger partial charge in [-0.15, -0.1) is 0 Å². The van der Waals surface area contributed by atoms with Crippen LogP contribution < -0.4 is 5.32 Å². The molecule has 1 unspecified atom stereocenters. The van der Waals surface area contributed by atoms with Crippen molar-refractivity contribution < 1.29 is 9.90 Å². The molecule has 0 aliphatic carbocycles. The van der Waals surface area contributed by atoms with E-state index in [0.29, 0.717) is 5.69 Å². The molecule has 4 heteroatoms. The number of benzene rings is 3. The van der Waals surface area contributed by atoms with Gasteiger partial charge in [-0.3, -0.25) is 0 Å². The van der Waals surface area contributed by atoms with E-state index in [-0.39, 0.29) is 11.6 Å². The van der Waals surface area contributed by atoms with Gasteiger partial charge in [0.1, 0.15) is 0 Å². The number of hydrogen-bond donors (Lipinski definition) is 2. The fraction of sp³-hybridized carbons (Fsp3) is 0.0952. The van der Waals surface area contributed by atoms with Crippen molar-refractivity contribution in [1.82, 2.24) is 0 Å². The Morgan fingerprint density at radius 1 is 0.960 bits per heavy atom. The second-order valence-electron chi connectivity index (χ2n) is 5.89. The van der Waals surface area contributed by atoms with E-state index in [1.54, 1.807) is 12.1 Å². The summed E-state index contributed by atoms with van der Waals surface area (Å²) in [4.78, 5) is 11.6. The van der Waals surface area contributed by atoms with E-state index in [1.807, 2.05) is 43.3 Å². The third-order valence-electron chi connectivity index (χ3n) is 4.06. The maximum Gasteiger partial charge on any atom is 0.337 e. The van der Waals surface area contributed by atoms with Gasteiger partial charge in [-0.2, -0.15) is 0 Å². The van der Waals surface area contributed by atoms with Crippen molar-refractivity contribution in [2.24, 2.45) is 0 Å². The van der Waals surface area contributed by atoms with E-state index < -0.39 is 5.97 Å². The van der Waals surface area contributed by atoms with Crippen LogP contribution in [0.2, 0.25) is 0 Å². The van der Waals surface area contributed by atoms with Crippen LogP contribution in [0.15, 0.2) is 77.3 Å². The SMILES string of the molecule is Cc1ccc(C(Nc2ccc(Br)cc2C(=O)O)c2ccccc2)cc1. The molecule has 3 aromatic rings. The Bertz CT molecular complexity index is 876. The van der Waals surface area contributed by atoms with Gasteiger partial charge in [-0.05, 0) is 36.2 Å². The number of halogens is 1. The number of aromatic carboxylic acids is 1. The highest BCUT2D eigenvalue weighted by Gasteiger charge is 2.18. The van der Waals surface area contributed by atoms with Crippen molar-refractivity contribution in [3.63, 3.8) is 0 Å². The summed E-state index contributed by atoms with van der Waals surface area (Å²) in [6.07, 6.45) is 0. The number of nitrogens with one attached hydrogen (secondary N) is 1. The predicted octanol–water partition coefficient (Wildman–Crippen LogP) is 5.66. The van der Waals surface area contributed by atoms with Gasteiger partial charge in [-0.1, -0.05) is 76.1 Å². The Morgan fingerprint density at radius 3 is 2.24 bits per heavy atom. The van der Waals surface area contributed by atoms with E-state index >= 15 is 0 Å². The summed E-state index contributed by atoms with van der Waals surface area (Å²) in [5, 5.41) is 12.9. The van der Waals surface area contributed by atoms with Crippen LogP contribution in [0, 0.1) is 6.92 Å². The number of carbonyl (C=O) groups is 1. The number of rotatable bonds is 5. The molecule has 0 amide bonds. The van der Waals surface area contributed by atoms with E-state index in [2.05, 4.69) is 45.5 Å². The first-order chi connectivity index (χ1) is 12.0. The fourth-order valence-corrected chi connectivity index (χ4v) is 3.10. The zero-order valence-electron chi connectivity index (χ0n) is 13.7. The second-order valence-corrected chi connectivity index (χ2v) is 6.81. The molecule has 3 rings (SSSR count). The Kier molecular flexibility index (Phi) is 5.19. The number of hydrogen-bond acceptors (Lipinski definition) is 2. The minimum Gasteiger partial charge on any atom is -0.478 e. The van der Waals surface area contributed by atoms with Crippen molar-refractivity contribution >= 4 is 27.6 Å². The maximum absolute atomic E-state index is 11.6. The topological polar surface area (TPSA) is 49.3 Å². The van der Waals surface area contributed by atoms with Crippen LogP contribution in [0.4, 0.5) is 5.69 Å². The Morgan fingerprint density at radius 2 is 1.60 bits per heavy atom. The summed E-state index contributed by atoms with van der Waals surface area (Å²) < 4.78 is 0.738. The van der Waals surface area contributed by atoms with Gasteiger partial charge in [0, 0.05) is 10.2 Å². The van der Waals surface area contributed by atoms with Crippen molar-refractivity contribution in [2.75, 3.05) is 5.32 Å². The maximum atomic E-state index is 11.6. The van der Waals surface area contributed by atoms with Crippen molar-refractivity contribution in [1.29, 1.82) is 0 Å². The molecule has 3 aromatic carbocycles. The fourth-order valence-electron chi connectivity index (χ4n) is 2.74. The van der Waals surface area contributed by atoms with Crippen molar-refractivity contribution in [3.05, 3.63) is 99.5 Å². The highest BCUT2D eigenvalue weighted by atomic mass is 79.9. The van der Waals surface area contributed by atoms with E-state index in [1.165, 1.54) is 5.56 Å². The largest absolute Gasteiger partial charge is 0.478 e. The predicted molar refractivity (Wildman–Crippen MR) is 104 cm³/mol. The minimum absolute atomic E-state index is 0.138. The smallest absolute Gasteiger partial charge is 0.337 e. The molecule has 3 nitrogen and oxygen atoms in total. The third-order valence-corrected chi connectivity index (χ3v) is 4.55. The molecule has 1 atom stereocenters. The van der Waals surface area contributed by atoms with Gasteiger partial charge in [-0.25, -0.2) is 4.79 Å². The summed E-state index contributed by atoms with van der Waals surface area (Å²) in [7, 11) is 0. The molecular weight excluding hydrogens is 378 g/mol. The highest BCUT2D eigenvalue weighted by molar-refractivity contribution is 9.10. The van der Waals surface area contributed by atoms with Gasteiger partial charge >= 0.3 is 5.97 Å². The van der Waals surface area contributed by atoms with Crippen LogP contribution in [0.3, 0.4) is 0 Å². The van der Waals surface area contributed by atoms with Gasteiger partial charge in [0.05, 0.1) is 11.6 Å². The average Bonchev–Trinajstić information content (AvgIpc) is 2.62. The average molecular weight is 396 g/mol. The number of carboxylic acids is 1. The van der Waals surface area contributed by atoms with Crippen molar-refractivity contribution in [3.8, 4) is 0 Å². The zero-order valence-corrected chi connectivity index (χ0v) is 15.3. The third kappa shape index (κ3) is 4.09. The van der Waals surface area contributed by atoms with Gasteiger partial charge in [0.15, 0.2) is 0 Å². The normalized spacial score (nSPS) is 11.8. The Balaban J connectivity index is 2.05. The molecule has 0 heterocycles. The lowest BCUT2D eigenvalue weighted by Gasteiger charge is -2.22. The number of aryl methyl sites for hydroxylation is 1. The lowest BCUT2D eigenvalue weighted by molar-refractivity contribution is 0.0698. The van der Waals surface area contributed by atoms with E-state index in [9.17, 15) is 9.90 Å². The zero-order chi connectivity index (χ0) is 17.8. The molecule has 126 valence electrons. The van der Waals surface area contributed by atoms with Crippen LogP contribution in [0.25, 0.3) is 0 Å². The lowest BCUT2D eigenvalue weighted by atomic mass is 9.97. The molecule has 0 aromatic heterocycles. The summed E-state index contributed by atoms with van der Waals surface area (Å²) in [5.74, 6) is -0.959. The first-order valence-corrected chi connectivity index (χ1v) is 8.75. The standard InChI is InChI=1S/C21H18BrNO2/c1-14-7-9-16(10-8-14)20(15-5-3-2-4-6-15)23-19-12-11-17(22)13-18(19)21(24)25/h2-13,20,23H,1H3,(H,24,25). The molecule has 0 fully saturated rings. The number of anilines is 1. The lowest BCUT2D eigenvalue weighted by Crippen LogP contribution is -2.15. The Hall–Kier alpha value is -2.59. The monoisotopic (exact) mass is 395 g/mol. The molecule has 0 saturated heterocycles. The molecule has 0 saturated carbocycles. The molecule has 0 aliphatic rings. The second kappa shape index (κ2) is 7.53. The van der Waals surface area contributed by atoms with Crippen LogP contribution >= 0.6 is 15.9 Å². The van der Waals surface area contributed by atoms with Gasteiger partial charge in [0.2, 0.25) is 0 Å².